The van der Waals surface area contributed by atoms with Crippen molar-refractivity contribution in [1.82, 2.24) is 5.32 Å². The Morgan fingerprint density at radius 2 is 2.06 bits per heavy atom. The molecule has 1 heterocycles. The van der Waals surface area contributed by atoms with Crippen molar-refractivity contribution in [1.29, 1.82) is 0 Å². The van der Waals surface area contributed by atoms with Crippen molar-refractivity contribution in [2.75, 3.05) is 6.61 Å². The maximum absolute atomic E-state index is 9.21. The summed E-state index contributed by atoms with van der Waals surface area (Å²) in [6.45, 7) is 5.96. The van der Waals surface area contributed by atoms with Gasteiger partial charge in [0.15, 0.2) is 0 Å². The second kappa shape index (κ2) is 5.07. The van der Waals surface area contributed by atoms with E-state index in [1.165, 1.54) is 5.56 Å². The molecule has 1 unspecified atom stereocenters. The number of hydrogen-bond donors (Lipinski definition) is 2. The van der Waals surface area contributed by atoms with Crippen LogP contribution < -0.4 is 5.32 Å². The van der Waals surface area contributed by atoms with Crippen LogP contribution in [0.25, 0.3) is 0 Å². The van der Waals surface area contributed by atoms with Gasteiger partial charge in [0.25, 0.3) is 0 Å². The van der Waals surface area contributed by atoms with Crippen LogP contribution in [0.5, 0.6) is 5.75 Å². The predicted molar refractivity (Wildman–Crippen MR) is 68.0 cm³/mol. The molecule has 2 rings (SSSR count). The quantitative estimate of drug-likeness (QED) is 0.845. The van der Waals surface area contributed by atoms with E-state index in [0.29, 0.717) is 11.8 Å². The Labute approximate surface area is 103 Å². The lowest BCUT2D eigenvalue weighted by Gasteiger charge is -2.36. The summed E-state index contributed by atoms with van der Waals surface area (Å²) < 4.78 is 5.69. The van der Waals surface area contributed by atoms with Gasteiger partial charge in [-0.3, -0.25) is 0 Å². The standard InChI is InChI=1S/C14H21NO2/c1-14(2)9-12(7-8-17-14)15-10-11-3-5-13(16)6-4-11/h3-6,12,15-16H,7-10H2,1-2H3. The molecular formula is C14H21NO2. The van der Waals surface area contributed by atoms with Gasteiger partial charge < -0.3 is 15.2 Å². The summed E-state index contributed by atoms with van der Waals surface area (Å²) in [4.78, 5) is 0. The van der Waals surface area contributed by atoms with Crippen LogP contribution in [0.15, 0.2) is 24.3 Å². The van der Waals surface area contributed by atoms with E-state index in [9.17, 15) is 5.11 Å². The summed E-state index contributed by atoms with van der Waals surface area (Å²) in [6.07, 6.45) is 2.12. The van der Waals surface area contributed by atoms with Gasteiger partial charge in [-0.05, 0) is 44.4 Å². The first-order chi connectivity index (χ1) is 8.05. The van der Waals surface area contributed by atoms with Crippen LogP contribution in [0.1, 0.15) is 32.3 Å². The summed E-state index contributed by atoms with van der Waals surface area (Å²) in [5, 5.41) is 12.8. The molecule has 3 heteroatoms. The second-order valence-corrected chi connectivity index (χ2v) is 5.35. The Balaban J connectivity index is 1.84. The van der Waals surface area contributed by atoms with Crippen LogP contribution in [0.3, 0.4) is 0 Å². The molecule has 17 heavy (non-hydrogen) atoms. The molecule has 0 saturated carbocycles. The highest BCUT2D eigenvalue weighted by molar-refractivity contribution is 5.25. The molecule has 0 amide bonds. The van der Waals surface area contributed by atoms with E-state index in [0.717, 1.165) is 26.0 Å². The molecule has 1 aromatic carbocycles. The summed E-state index contributed by atoms with van der Waals surface area (Å²) in [6, 6.07) is 7.88. The molecule has 2 N–H and O–H groups in total. The summed E-state index contributed by atoms with van der Waals surface area (Å²) in [7, 11) is 0. The summed E-state index contributed by atoms with van der Waals surface area (Å²) in [5.74, 6) is 0.320. The zero-order valence-electron chi connectivity index (χ0n) is 10.6. The van der Waals surface area contributed by atoms with Gasteiger partial charge in [0, 0.05) is 19.2 Å². The zero-order valence-corrected chi connectivity index (χ0v) is 10.6. The highest BCUT2D eigenvalue weighted by Crippen LogP contribution is 2.24. The number of ether oxygens (including phenoxy) is 1. The van der Waals surface area contributed by atoms with Crippen LogP contribution in [0, 0.1) is 0 Å². The number of nitrogens with one attached hydrogen (secondary N) is 1. The van der Waals surface area contributed by atoms with Crippen molar-refractivity contribution in [2.24, 2.45) is 0 Å². The second-order valence-electron chi connectivity index (χ2n) is 5.35. The molecule has 1 aliphatic rings. The van der Waals surface area contributed by atoms with E-state index >= 15 is 0 Å². The fraction of sp³-hybridized carbons (Fsp3) is 0.571. The maximum Gasteiger partial charge on any atom is 0.115 e. The van der Waals surface area contributed by atoms with E-state index in [4.69, 9.17) is 4.74 Å². The molecule has 94 valence electrons. The molecule has 0 radical (unpaired) electrons. The molecule has 1 atom stereocenters. The van der Waals surface area contributed by atoms with Crippen LogP contribution in [-0.4, -0.2) is 23.4 Å². The number of aromatic hydroxyl groups is 1. The molecule has 0 aliphatic carbocycles. The van der Waals surface area contributed by atoms with Gasteiger partial charge in [-0.1, -0.05) is 12.1 Å². The van der Waals surface area contributed by atoms with Crippen molar-refractivity contribution in [3.63, 3.8) is 0 Å². The average Bonchev–Trinajstić information content (AvgIpc) is 2.27. The van der Waals surface area contributed by atoms with Gasteiger partial charge >= 0.3 is 0 Å². The third-order valence-electron chi connectivity index (χ3n) is 3.23. The highest BCUT2D eigenvalue weighted by Gasteiger charge is 2.28. The van der Waals surface area contributed by atoms with Gasteiger partial charge in [0.05, 0.1) is 5.60 Å². The van der Waals surface area contributed by atoms with Crippen LogP contribution >= 0.6 is 0 Å². The molecule has 0 bridgehead atoms. The first kappa shape index (κ1) is 12.4. The SMILES string of the molecule is CC1(C)CC(NCc2ccc(O)cc2)CCO1. The van der Waals surface area contributed by atoms with Crippen molar-refractivity contribution >= 4 is 0 Å². The normalized spacial score (nSPS) is 23.5. The zero-order chi connectivity index (χ0) is 12.3. The number of phenols is 1. The van der Waals surface area contributed by atoms with Crippen molar-refractivity contribution in [3.8, 4) is 5.75 Å². The lowest BCUT2D eigenvalue weighted by atomic mass is 9.94. The van der Waals surface area contributed by atoms with Crippen molar-refractivity contribution < 1.29 is 9.84 Å². The first-order valence-electron chi connectivity index (χ1n) is 6.20. The monoisotopic (exact) mass is 235 g/mol. The Bertz CT molecular complexity index is 359. The Hall–Kier alpha value is -1.06. The van der Waals surface area contributed by atoms with Gasteiger partial charge in [0.2, 0.25) is 0 Å². The first-order valence-corrected chi connectivity index (χ1v) is 6.20. The molecule has 1 aliphatic heterocycles. The fourth-order valence-corrected chi connectivity index (χ4v) is 2.28. The predicted octanol–water partition coefficient (Wildman–Crippen LogP) is 2.44. The van der Waals surface area contributed by atoms with E-state index in [1.807, 2.05) is 12.1 Å². The molecule has 0 spiro atoms. The van der Waals surface area contributed by atoms with Gasteiger partial charge in [-0.2, -0.15) is 0 Å². The van der Waals surface area contributed by atoms with E-state index in [2.05, 4.69) is 19.2 Å². The summed E-state index contributed by atoms with van der Waals surface area (Å²) >= 11 is 0. The third kappa shape index (κ3) is 3.72. The Kier molecular flexibility index (Phi) is 3.69. The molecular weight excluding hydrogens is 214 g/mol. The van der Waals surface area contributed by atoms with Gasteiger partial charge in [-0.15, -0.1) is 0 Å². The van der Waals surface area contributed by atoms with Crippen molar-refractivity contribution in [3.05, 3.63) is 29.8 Å². The number of rotatable bonds is 3. The number of benzene rings is 1. The molecule has 1 saturated heterocycles. The van der Waals surface area contributed by atoms with Gasteiger partial charge in [-0.25, -0.2) is 0 Å². The molecule has 1 aromatic rings. The van der Waals surface area contributed by atoms with E-state index < -0.39 is 0 Å². The number of hydrogen-bond acceptors (Lipinski definition) is 3. The fourth-order valence-electron chi connectivity index (χ4n) is 2.28. The van der Waals surface area contributed by atoms with Gasteiger partial charge in [0.1, 0.15) is 5.75 Å². The third-order valence-corrected chi connectivity index (χ3v) is 3.23. The van der Waals surface area contributed by atoms with Crippen molar-refractivity contribution in [2.45, 2.75) is 44.9 Å². The van der Waals surface area contributed by atoms with E-state index in [-0.39, 0.29) is 5.60 Å². The lowest BCUT2D eigenvalue weighted by Crippen LogP contribution is -2.43. The van der Waals surface area contributed by atoms with Crippen LogP contribution in [0.4, 0.5) is 0 Å². The maximum atomic E-state index is 9.21. The van der Waals surface area contributed by atoms with Crippen LogP contribution in [0.2, 0.25) is 0 Å². The smallest absolute Gasteiger partial charge is 0.115 e. The molecule has 1 fully saturated rings. The van der Waals surface area contributed by atoms with E-state index in [1.54, 1.807) is 12.1 Å². The Morgan fingerprint density at radius 3 is 2.71 bits per heavy atom. The summed E-state index contributed by atoms with van der Waals surface area (Å²) in [5.41, 5.74) is 1.19. The number of phenolic OH excluding ortho intramolecular Hbond substituents is 1. The topological polar surface area (TPSA) is 41.5 Å². The lowest BCUT2D eigenvalue weighted by molar-refractivity contribution is -0.0630. The minimum absolute atomic E-state index is 0.00905. The average molecular weight is 235 g/mol. The largest absolute Gasteiger partial charge is 0.508 e. The minimum Gasteiger partial charge on any atom is -0.508 e. The minimum atomic E-state index is -0.00905. The Morgan fingerprint density at radius 1 is 1.35 bits per heavy atom. The molecule has 3 nitrogen and oxygen atoms in total. The van der Waals surface area contributed by atoms with Crippen LogP contribution in [-0.2, 0) is 11.3 Å². The molecule has 0 aromatic heterocycles. The highest BCUT2D eigenvalue weighted by atomic mass is 16.5.